The summed E-state index contributed by atoms with van der Waals surface area (Å²) in [5.74, 6) is 0.109. The lowest BCUT2D eigenvalue weighted by molar-refractivity contribution is -0.124. The lowest BCUT2D eigenvalue weighted by Crippen LogP contribution is -2.47. The fourth-order valence-corrected chi connectivity index (χ4v) is 2.92. The molecule has 1 saturated heterocycles. The Bertz CT molecular complexity index is 416. The molecule has 3 nitrogen and oxygen atoms in total. The summed E-state index contributed by atoms with van der Waals surface area (Å²) in [6.07, 6.45) is 3.24. The normalized spacial score (nSPS) is 21.3. The minimum Gasteiger partial charge on any atom is -0.348 e. The van der Waals surface area contributed by atoms with E-state index in [4.69, 9.17) is 0 Å². The molecule has 1 aromatic rings. The minimum absolute atomic E-state index is 0.0244. The van der Waals surface area contributed by atoms with Crippen LogP contribution in [0.2, 0.25) is 0 Å². The van der Waals surface area contributed by atoms with Crippen molar-refractivity contribution in [2.75, 3.05) is 6.54 Å². The maximum Gasteiger partial charge on any atom is 0.237 e. The first-order chi connectivity index (χ1) is 8.68. The highest BCUT2D eigenvalue weighted by Crippen LogP contribution is 2.23. The maximum atomic E-state index is 12.1. The highest BCUT2D eigenvalue weighted by Gasteiger charge is 2.22. The van der Waals surface area contributed by atoms with Crippen molar-refractivity contribution in [3.05, 3.63) is 34.3 Å². The summed E-state index contributed by atoms with van der Waals surface area (Å²) in [6, 6.07) is 7.99. The first kappa shape index (κ1) is 13.6. The van der Waals surface area contributed by atoms with Crippen LogP contribution in [0, 0.1) is 0 Å². The number of carbonyl (C=O) groups is 1. The molecule has 0 aromatic heterocycles. The summed E-state index contributed by atoms with van der Waals surface area (Å²) in [5, 5.41) is 6.34. The zero-order valence-electron chi connectivity index (χ0n) is 10.6. The number of halogens is 1. The Hall–Kier alpha value is -0.870. The molecule has 1 unspecified atom stereocenters. The van der Waals surface area contributed by atoms with E-state index < -0.39 is 0 Å². The lowest BCUT2D eigenvalue weighted by atomic mass is 10.0. The number of amides is 1. The molecule has 0 saturated carbocycles. The number of carbonyl (C=O) groups excluding carboxylic acids is 1. The van der Waals surface area contributed by atoms with E-state index in [9.17, 15) is 4.79 Å². The van der Waals surface area contributed by atoms with Gasteiger partial charge in [-0.2, -0.15) is 0 Å². The zero-order valence-corrected chi connectivity index (χ0v) is 12.2. The molecule has 98 valence electrons. The summed E-state index contributed by atoms with van der Waals surface area (Å²) in [4.78, 5) is 12.1. The summed E-state index contributed by atoms with van der Waals surface area (Å²) >= 11 is 3.52. The molecule has 0 bridgehead atoms. The molecule has 1 amide bonds. The number of nitrogens with one attached hydrogen (secondary N) is 2. The molecule has 1 aliphatic heterocycles. The van der Waals surface area contributed by atoms with Crippen molar-refractivity contribution in [2.45, 2.75) is 38.3 Å². The molecule has 1 fully saturated rings. The van der Waals surface area contributed by atoms with Crippen LogP contribution in [0.4, 0.5) is 0 Å². The molecule has 2 atom stereocenters. The predicted octanol–water partition coefficient (Wildman–Crippen LogP) is 2.77. The van der Waals surface area contributed by atoms with Crippen LogP contribution >= 0.6 is 15.9 Å². The largest absolute Gasteiger partial charge is 0.348 e. The van der Waals surface area contributed by atoms with Gasteiger partial charge in [0.15, 0.2) is 0 Å². The van der Waals surface area contributed by atoms with E-state index in [0.29, 0.717) is 0 Å². The molecular formula is C14H19BrN2O. The monoisotopic (exact) mass is 310 g/mol. The van der Waals surface area contributed by atoms with Gasteiger partial charge in [-0.05, 0) is 37.9 Å². The quantitative estimate of drug-likeness (QED) is 0.901. The van der Waals surface area contributed by atoms with Gasteiger partial charge in [-0.15, -0.1) is 0 Å². The third-order valence-electron chi connectivity index (χ3n) is 3.36. The first-order valence-electron chi connectivity index (χ1n) is 6.46. The molecule has 0 aliphatic carbocycles. The van der Waals surface area contributed by atoms with Crippen molar-refractivity contribution in [2.24, 2.45) is 0 Å². The third kappa shape index (κ3) is 3.33. The smallest absolute Gasteiger partial charge is 0.237 e. The fourth-order valence-electron chi connectivity index (χ4n) is 2.29. The Morgan fingerprint density at radius 1 is 1.44 bits per heavy atom. The van der Waals surface area contributed by atoms with Crippen molar-refractivity contribution < 1.29 is 4.79 Å². The van der Waals surface area contributed by atoms with E-state index in [1.54, 1.807) is 0 Å². The number of hydrogen-bond donors (Lipinski definition) is 2. The van der Waals surface area contributed by atoms with Crippen LogP contribution in [-0.4, -0.2) is 18.5 Å². The van der Waals surface area contributed by atoms with Gasteiger partial charge in [0.05, 0.1) is 12.1 Å². The van der Waals surface area contributed by atoms with Crippen molar-refractivity contribution in [3.63, 3.8) is 0 Å². The molecule has 2 rings (SSSR count). The van der Waals surface area contributed by atoms with Gasteiger partial charge in [0, 0.05) is 4.47 Å². The van der Waals surface area contributed by atoms with Crippen LogP contribution < -0.4 is 10.6 Å². The molecule has 4 heteroatoms. The van der Waals surface area contributed by atoms with Gasteiger partial charge in [0.25, 0.3) is 0 Å². The Balaban J connectivity index is 1.96. The van der Waals surface area contributed by atoms with E-state index in [1.165, 1.54) is 6.42 Å². The molecular weight excluding hydrogens is 292 g/mol. The molecule has 1 aliphatic rings. The van der Waals surface area contributed by atoms with E-state index in [-0.39, 0.29) is 18.0 Å². The molecule has 0 spiro atoms. The number of benzene rings is 1. The Morgan fingerprint density at radius 2 is 2.22 bits per heavy atom. The highest BCUT2D eigenvalue weighted by molar-refractivity contribution is 9.10. The fraction of sp³-hybridized carbons (Fsp3) is 0.500. The topological polar surface area (TPSA) is 41.1 Å². The molecule has 1 heterocycles. The summed E-state index contributed by atoms with van der Waals surface area (Å²) in [5.41, 5.74) is 1.11. The summed E-state index contributed by atoms with van der Waals surface area (Å²) < 4.78 is 1.04. The van der Waals surface area contributed by atoms with Crippen LogP contribution in [0.1, 0.15) is 37.8 Å². The summed E-state index contributed by atoms with van der Waals surface area (Å²) in [7, 11) is 0. The van der Waals surface area contributed by atoms with E-state index >= 15 is 0 Å². The van der Waals surface area contributed by atoms with Crippen LogP contribution in [0.5, 0.6) is 0 Å². The number of piperidine rings is 1. The second kappa shape index (κ2) is 6.34. The van der Waals surface area contributed by atoms with E-state index in [1.807, 2.05) is 31.2 Å². The van der Waals surface area contributed by atoms with Gasteiger partial charge in [-0.25, -0.2) is 0 Å². The van der Waals surface area contributed by atoms with E-state index in [2.05, 4.69) is 26.6 Å². The Labute approximate surface area is 116 Å². The van der Waals surface area contributed by atoms with Crippen molar-refractivity contribution in [1.29, 1.82) is 0 Å². The SMILES string of the molecule is CC(NC(=O)[C@@H]1CCCCN1)c1ccccc1Br. The van der Waals surface area contributed by atoms with Crippen LogP contribution in [0.15, 0.2) is 28.7 Å². The van der Waals surface area contributed by atoms with Crippen molar-refractivity contribution in [1.82, 2.24) is 10.6 Å². The van der Waals surface area contributed by atoms with Crippen molar-refractivity contribution >= 4 is 21.8 Å². The maximum absolute atomic E-state index is 12.1. The van der Waals surface area contributed by atoms with Gasteiger partial charge >= 0.3 is 0 Å². The molecule has 0 radical (unpaired) electrons. The minimum atomic E-state index is -0.0244. The molecule has 18 heavy (non-hydrogen) atoms. The summed E-state index contributed by atoms with van der Waals surface area (Å²) in [6.45, 7) is 2.96. The third-order valence-corrected chi connectivity index (χ3v) is 4.08. The van der Waals surface area contributed by atoms with Gasteiger partial charge < -0.3 is 10.6 Å². The highest BCUT2D eigenvalue weighted by atomic mass is 79.9. The molecule has 2 N–H and O–H groups in total. The van der Waals surface area contributed by atoms with Gasteiger partial charge in [-0.1, -0.05) is 40.5 Å². The predicted molar refractivity (Wildman–Crippen MR) is 76.3 cm³/mol. The van der Waals surface area contributed by atoms with Crippen LogP contribution in [0.3, 0.4) is 0 Å². The number of hydrogen-bond acceptors (Lipinski definition) is 2. The van der Waals surface area contributed by atoms with Crippen LogP contribution in [0.25, 0.3) is 0 Å². The standard InChI is InChI=1S/C14H19BrN2O/c1-10(11-6-2-3-7-12(11)15)17-14(18)13-8-4-5-9-16-13/h2-3,6-7,10,13,16H,4-5,8-9H2,1H3,(H,17,18)/t10?,13-/m0/s1. The van der Waals surface area contributed by atoms with Crippen molar-refractivity contribution in [3.8, 4) is 0 Å². The molecule has 1 aromatic carbocycles. The lowest BCUT2D eigenvalue weighted by Gasteiger charge is -2.25. The average molecular weight is 311 g/mol. The second-order valence-corrected chi connectivity index (χ2v) is 5.61. The average Bonchev–Trinajstić information content (AvgIpc) is 2.40. The zero-order chi connectivity index (χ0) is 13.0. The van der Waals surface area contributed by atoms with Gasteiger partial charge in [-0.3, -0.25) is 4.79 Å². The van der Waals surface area contributed by atoms with Crippen LogP contribution in [-0.2, 0) is 4.79 Å². The first-order valence-corrected chi connectivity index (χ1v) is 7.26. The van der Waals surface area contributed by atoms with Gasteiger partial charge in [0.2, 0.25) is 5.91 Å². The Morgan fingerprint density at radius 3 is 2.89 bits per heavy atom. The number of rotatable bonds is 3. The van der Waals surface area contributed by atoms with Gasteiger partial charge in [0.1, 0.15) is 0 Å². The van der Waals surface area contributed by atoms with E-state index in [0.717, 1.165) is 29.4 Å². The second-order valence-electron chi connectivity index (χ2n) is 4.75. The Kier molecular flexibility index (Phi) is 4.78.